The van der Waals surface area contributed by atoms with Gasteiger partial charge in [-0.15, -0.1) is 0 Å². The number of hydrogen-bond donors (Lipinski definition) is 1. The predicted octanol–water partition coefficient (Wildman–Crippen LogP) is 4.98. The third-order valence-electron chi connectivity index (χ3n) is 3.19. The highest BCUT2D eigenvalue weighted by atomic mass is 80.0. The van der Waals surface area contributed by atoms with E-state index >= 15 is 0 Å². The minimum absolute atomic E-state index is 0.252. The molecule has 1 amide bonds. The standard InChI is InChI=1S/C17H16Br3NO3/c1-11-7-9-12(10-8-11)15(22)21-16(17(18,19)20)24-14-6-4-3-5-13(14)23-2/h3-10,16H,1-2H3,(H,21,22)/t16-/m1/s1. The Morgan fingerprint density at radius 2 is 1.62 bits per heavy atom. The third-order valence-corrected chi connectivity index (χ3v) is 4.43. The first-order valence-corrected chi connectivity index (χ1v) is 9.43. The van der Waals surface area contributed by atoms with Gasteiger partial charge in [0.15, 0.2) is 13.6 Å². The lowest BCUT2D eigenvalue weighted by Gasteiger charge is -2.28. The molecule has 4 nitrogen and oxygen atoms in total. The van der Waals surface area contributed by atoms with E-state index in [0.717, 1.165) is 5.56 Å². The fraction of sp³-hybridized carbons (Fsp3) is 0.235. The van der Waals surface area contributed by atoms with Crippen molar-refractivity contribution in [1.82, 2.24) is 5.32 Å². The van der Waals surface area contributed by atoms with E-state index in [4.69, 9.17) is 9.47 Å². The predicted molar refractivity (Wildman–Crippen MR) is 106 cm³/mol. The van der Waals surface area contributed by atoms with Crippen LogP contribution in [0.4, 0.5) is 0 Å². The molecule has 2 aromatic carbocycles. The van der Waals surface area contributed by atoms with Gasteiger partial charge in [0.2, 0.25) is 6.23 Å². The summed E-state index contributed by atoms with van der Waals surface area (Å²) in [5.74, 6) is 0.832. The van der Waals surface area contributed by atoms with E-state index in [0.29, 0.717) is 17.1 Å². The van der Waals surface area contributed by atoms with Crippen LogP contribution in [0.15, 0.2) is 48.5 Å². The molecule has 0 saturated heterocycles. The zero-order valence-corrected chi connectivity index (χ0v) is 17.8. The Labute approximate surface area is 166 Å². The molecule has 2 rings (SSSR count). The second-order valence-electron chi connectivity index (χ2n) is 5.03. The Hall–Kier alpha value is -1.05. The summed E-state index contributed by atoms with van der Waals surface area (Å²) in [5, 5.41) is 2.84. The summed E-state index contributed by atoms with van der Waals surface area (Å²) < 4.78 is 10.3. The highest BCUT2D eigenvalue weighted by molar-refractivity contribution is 9.39. The second kappa shape index (κ2) is 8.36. The van der Waals surface area contributed by atoms with Gasteiger partial charge in [-0.05, 0) is 31.2 Å². The maximum absolute atomic E-state index is 12.5. The fourth-order valence-electron chi connectivity index (χ4n) is 1.93. The fourth-order valence-corrected chi connectivity index (χ4v) is 2.55. The average molecular weight is 522 g/mol. The Balaban J connectivity index is 2.20. The summed E-state index contributed by atoms with van der Waals surface area (Å²) in [6, 6.07) is 14.5. The number of rotatable bonds is 5. The molecule has 0 spiro atoms. The first kappa shape index (κ1) is 19.3. The van der Waals surface area contributed by atoms with Crippen molar-refractivity contribution >= 4 is 53.7 Å². The van der Waals surface area contributed by atoms with Crippen LogP contribution in [0.1, 0.15) is 15.9 Å². The minimum atomic E-state index is -0.853. The normalized spacial score (nSPS) is 12.4. The summed E-state index contributed by atoms with van der Waals surface area (Å²) in [7, 11) is 1.56. The Morgan fingerprint density at radius 1 is 1.04 bits per heavy atom. The Kier molecular flexibility index (Phi) is 6.71. The van der Waals surface area contributed by atoms with Crippen LogP contribution in [0.3, 0.4) is 0 Å². The van der Waals surface area contributed by atoms with Crippen LogP contribution in [0.5, 0.6) is 11.5 Å². The quantitative estimate of drug-likeness (QED) is 0.446. The minimum Gasteiger partial charge on any atom is -0.493 e. The van der Waals surface area contributed by atoms with Crippen molar-refractivity contribution in [1.29, 1.82) is 0 Å². The van der Waals surface area contributed by atoms with Crippen molar-refractivity contribution in [3.8, 4) is 11.5 Å². The van der Waals surface area contributed by atoms with Crippen LogP contribution in [0.2, 0.25) is 0 Å². The molecule has 0 bridgehead atoms. The summed E-state index contributed by atoms with van der Waals surface area (Å²) in [4.78, 5) is 12.5. The number of benzene rings is 2. The number of ether oxygens (including phenoxy) is 2. The van der Waals surface area contributed by atoms with Crippen molar-refractivity contribution in [2.24, 2.45) is 0 Å². The van der Waals surface area contributed by atoms with E-state index in [9.17, 15) is 4.79 Å². The summed E-state index contributed by atoms with van der Waals surface area (Å²) in [6.07, 6.45) is -0.748. The number of halogens is 3. The Morgan fingerprint density at radius 3 is 2.17 bits per heavy atom. The van der Waals surface area contributed by atoms with Gasteiger partial charge in [-0.3, -0.25) is 4.79 Å². The summed E-state index contributed by atoms with van der Waals surface area (Å²) in [5.41, 5.74) is 1.63. The third kappa shape index (κ3) is 5.22. The van der Waals surface area contributed by atoms with Gasteiger partial charge in [-0.2, -0.15) is 0 Å². The van der Waals surface area contributed by atoms with E-state index < -0.39 is 8.37 Å². The molecular weight excluding hydrogens is 506 g/mol. The lowest BCUT2D eigenvalue weighted by Crippen LogP contribution is -2.47. The first-order chi connectivity index (χ1) is 11.3. The maximum Gasteiger partial charge on any atom is 0.254 e. The molecule has 0 aliphatic heterocycles. The maximum atomic E-state index is 12.5. The molecule has 0 heterocycles. The number of carbonyl (C=O) groups excluding carboxylic acids is 1. The number of nitrogens with one attached hydrogen (secondary N) is 1. The zero-order valence-electron chi connectivity index (χ0n) is 13.1. The number of methoxy groups -OCH3 is 1. The number of alkyl halides is 3. The van der Waals surface area contributed by atoms with E-state index in [1.54, 1.807) is 31.4 Å². The molecule has 2 aromatic rings. The number of aryl methyl sites for hydroxylation is 1. The van der Waals surface area contributed by atoms with Crippen LogP contribution >= 0.6 is 47.8 Å². The van der Waals surface area contributed by atoms with Gasteiger partial charge < -0.3 is 14.8 Å². The molecular formula is C17H16Br3NO3. The molecule has 128 valence electrons. The van der Waals surface area contributed by atoms with E-state index in [1.165, 1.54) is 0 Å². The SMILES string of the molecule is COc1ccccc1O[C@@H](NC(=O)c1ccc(C)cc1)C(Br)(Br)Br. The van der Waals surface area contributed by atoms with Gasteiger partial charge in [-0.25, -0.2) is 0 Å². The molecule has 0 aliphatic rings. The number of carbonyl (C=O) groups is 1. The number of para-hydroxylation sites is 2. The van der Waals surface area contributed by atoms with Crippen molar-refractivity contribution in [3.05, 3.63) is 59.7 Å². The van der Waals surface area contributed by atoms with Crippen LogP contribution in [-0.2, 0) is 0 Å². The molecule has 1 atom stereocenters. The van der Waals surface area contributed by atoms with Gasteiger partial charge in [0.1, 0.15) is 0 Å². The second-order valence-corrected chi connectivity index (χ2v) is 12.0. The number of amides is 1. The summed E-state index contributed by atoms with van der Waals surface area (Å²) >= 11 is 10.2. The molecule has 0 fully saturated rings. The molecule has 0 aromatic heterocycles. The molecule has 0 saturated carbocycles. The largest absolute Gasteiger partial charge is 0.493 e. The molecule has 0 aliphatic carbocycles. The van der Waals surface area contributed by atoms with E-state index in [-0.39, 0.29) is 5.91 Å². The van der Waals surface area contributed by atoms with Gasteiger partial charge >= 0.3 is 0 Å². The van der Waals surface area contributed by atoms with Crippen molar-refractivity contribution in [3.63, 3.8) is 0 Å². The number of hydrogen-bond acceptors (Lipinski definition) is 3. The monoisotopic (exact) mass is 519 g/mol. The van der Waals surface area contributed by atoms with E-state index in [1.807, 2.05) is 31.2 Å². The van der Waals surface area contributed by atoms with Gasteiger partial charge in [0.25, 0.3) is 5.91 Å². The molecule has 7 heteroatoms. The van der Waals surface area contributed by atoms with E-state index in [2.05, 4.69) is 53.1 Å². The highest BCUT2D eigenvalue weighted by Gasteiger charge is 2.35. The van der Waals surface area contributed by atoms with Crippen molar-refractivity contribution < 1.29 is 14.3 Å². The zero-order chi connectivity index (χ0) is 17.7. The summed E-state index contributed by atoms with van der Waals surface area (Å²) in [6.45, 7) is 1.97. The highest BCUT2D eigenvalue weighted by Crippen LogP contribution is 2.39. The van der Waals surface area contributed by atoms with Crippen molar-refractivity contribution in [2.75, 3.05) is 7.11 Å². The van der Waals surface area contributed by atoms with Crippen LogP contribution < -0.4 is 14.8 Å². The molecule has 24 heavy (non-hydrogen) atoms. The lowest BCUT2D eigenvalue weighted by atomic mass is 10.1. The smallest absolute Gasteiger partial charge is 0.254 e. The Bertz CT molecular complexity index is 699. The van der Waals surface area contributed by atoms with Crippen LogP contribution in [0, 0.1) is 6.92 Å². The van der Waals surface area contributed by atoms with Gasteiger partial charge in [0, 0.05) is 5.56 Å². The average Bonchev–Trinajstić information content (AvgIpc) is 2.54. The lowest BCUT2D eigenvalue weighted by molar-refractivity contribution is 0.0841. The first-order valence-electron chi connectivity index (χ1n) is 7.05. The van der Waals surface area contributed by atoms with Crippen LogP contribution in [-0.4, -0.2) is 21.4 Å². The molecule has 0 unspecified atom stereocenters. The van der Waals surface area contributed by atoms with Crippen LogP contribution in [0.25, 0.3) is 0 Å². The van der Waals surface area contributed by atoms with Crippen molar-refractivity contribution in [2.45, 2.75) is 15.3 Å². The molecule has 0 radical (unpaired) electrons. The topological polar surface area (TPSA) is 47.6 Å². The van der Waals surface area contributed by atoms with Gasteiger partial charge in [0.05, 0.1) is 7.11 Å². The molecule has 1 N–H and O–H groups in total. The van der Waals surface area contributed by atoms with Gasteiger partial charge in [-0.1, -0.05) is 77.6 Å².